The number of piperazine rings is 1. The van der Waals surface area contributed by atoms with Crippen LogP contribution in [0.25, 0.3) is 0 Å². The lowest BCUT2D eigenvalue weighted by atomic mass is 10.0. The number of hydrogen-bond donors (Lipinski definition) is 1. The number of benzene rings is 2. The van der Waals surface area contributed by atoms with Gasteiger partial charge in [-0.05, 0) is 37.2 Å². The summed E-state index contributed by atoms with van der Waals surface area (Å²) in [6.07, 6.45) is 0. The van der Waals surface area contributed by atoms with Crippen LogP contribution >= 0.6 is 0 Å². The molecule has 4 rings (SSSR count). The number of carboxylic acid groups (broad SMARTS) is 1. The van der Waals surface area contributed by atoms with E-state index in [2.05, 4.69) is 41.1 Å². The number of hydrogen-bond acceptors (Lipinski definition) is 3. The lowest BCUT2D eigenvalue weighted by Gasteiger charge is -2.34. The first-order valence-electron chi connectivity index (χ1n) is 9.33. The van der Waals surface area contributed by atoms with Crippen LogP contribution in [-0.4, -0.2) is 49.2 Å². The van der Waals surface area contributed by atoms with Gasteiger partial charge in [-0.25, -0.2) is 0 Å². The van der Waals surface area contributed by atoms with E-state index in [1.165, 1.54) is 5.69 Å². The molecular weight excluding hydrogens is 324 g/mol. The number of likely N-dealkylation sites (N-methyl/N-ethyl adjacent to an activating group) is 1. The fourth-order valence-corrected chi connectivity index (χ4v) is 4.47. The monoisotopic (exact) mass is 350 g/mol. The molecule has 136 valence electrons. The Balaban J connectivity index is 1.57. The van der Waals surface area contributed by atoms with Crippen LogP contribution in [-0.2, 0) is 4.79 Å². The number of nitrogens with zero attached hydrogens (tertiary/aromatic N) is 2. The minimum atomic E-state index is -0.725. The second-order valence-corrected chi connectivity index (χ2v) is 7.84. The van der Waals surface area contributed by atoms with E-state index in [0.29, 0.717) is 0 Å². The zero-order valence-electron chi connectivity index (χ0n) is 15.4. The topological polar surface area (TPSA) is 43.8 Å². The Morgan fingerprint density at radius 2 is 1.46 bits per heavy atom. The molecule has 2 fully saturated rings. The first-order valence-corrected chi connectivity index (χ1v) is 9.33. The Kier molecular flexibility index (Phi) is 4.23. The Morgan fingerprint density at radius 1 is 0.923 bits per heavy atom. The van der Waals surface area contributed by atoms with E-state index >= 15 is 0 Å². The van der Waals surface area contributed by atoms with Crippen molar-refractivity contribution in [1.29, 1.82) is 0 Å². The smallest absolute Gasteiger partial charge is 0.310 e. The van der Waals surface area contributed by atoms with Gasteiger partial charge >= 0.3 is 5.97 Å². The molecule has 0 amide bonds. The summed E-state index contributed by atoms with van der Waals surface area (Å²) < 4.78 is 0. The maximum Gasteiger partial charge on any atom is 0.310 e. The van der Waals surface area contributed by atoms with Gasteiger partial charge in [-0.1, -0.05) is 42.5 Å². The SMILES string of the molecule is CN1CCN(c2ccc([C@H]3[C@H](c4ccccc4)[C@@]3(C)C(=O)O)cc2)CC1. The highest BCUT2D eigenvalue weighted by atomic mass is 16.4. The molecule has 0 spiro atoms. The third-order valence-corrected chi connectivity index (χ3v) is 6.26. The van der Waals surface area contributed by atoms with Crippen LogP contribution in [0.3, 0.4) is 0 Å². The van der Waals surface area contributed by atoms with Crippen molar-refractivity contribution in [3.8, 4) is 0 Å². The summed E-state index contributed by atoms with van der Waals surface area (Å²) >= 11 is 0. The average Bonchev–Trinajstić information content (AvgIpc) is 3.31. The van der Waals surface area contributed by atoms with Crippen molar-refractivity contribution in [3.63, 3.8) is 0 Å². The van der Waals surface area contributed by atoms with Crippen molar-refractivity contribution in [2.24, 2.45) is 5.41 Å². The van der Waals surface area contributed by atoms with Gasteiger partial charge < -0.3 is 14.9 Å². The Morgan fingerprint density at radius 3 is 2.00 bits per heavy atom. The molecule has 0 radical (unpaired) electrons. The first kappa shape index (κ1) is 17.1. The molecule has 2 aromatic rings. The third kappa shape index (κ3) is 2.78. The Bertz CT molecular complexity index is 782. The standard InChI is InChI=1S/C22H26N2O2/c1-22(21(25)26)19(16-6-4-3-5-7-16)20(22)17-8-10-18(11-9-17)24-14-12-23(2)13-15-24/h3-11,19-20H,12-15H2,1-2H3,(H,25,26)/t19-,20-,22+/m0/s1. The predicted octanol–water partition coefficient (Wildman–Crippen LogP) is 3.41. The molecule has 2 aromatic carbocycles. The normalized spacial score (nSPS) is 28.8. The fraction of sp³-hybridized carbons (Fsp3) is 0.409. The average molecular weight is 350 g/mol. The minimum Gasteiger partial charge on any atom is -0.481 e. The fourth-order valence-electron chi connectivity index (χ4n) is 4.47. The number of aliphatic carboxylic acids is 1. The summed E-state index contributed by atoms with van der Waals surface area (Å²) in [6, 6.07) is 18.6. The second-order valence-electron chi connectivity index (χ2n) is 7.84. The molecule has 0 unspecified atom stereocenters. The van der Waals surface area contributed by atoms with Crippen LogP contribution in [0.1, 0.15) is 29.9 Å². The van der Waals surface area contributed by atoms with Crippen LogP contribution in [0.2, 0.25) is 0 Å². The van der Waals surface area contributed by atoms with Gasteiger partial charge in [-0.15, -0.1) is 0 Å². The molecule has 1 aliphatic carbocycles. The van der Waals surface area contributed by atoms with Crippen LogP contribution in [0.15, 0.2) is 54.6 Å². The molecule has 1 heterocycles. The van der Waals surface area contributed by atoms with E-state index < -0.39 is 11.4 Å². The third-order valence-electron chi connectivity index (χ3n) is 6.26. The van der Waals surface area contributed by atoms with E-state index in [1.807, 2.05) is 37.3 Å². The minimum absolute atomic E-state index is 0.0314. The highest BCUT2D eigenvalue weighted by Gasteiger charge is 2.67. The highest BCUT2D eigenvalue weighted by molar-refractivity contribution is 5.83. The van der Waals surface area contributed by atoms with E-state index in [0.717, 1.165) is 37.3 Å². The summed E-state index contributed by atoms with van der Waals surface area (Å²) in [5, 5.41) is 9.85. The number of anilines is 1. The highest BCUT2D eigenvalue weighted by Crippen LogP contribution is 2.70. The molecule has 1 N–H and O–H groups in total. The van der Waals surface area contributed by atoms with Gasteiger partial charge in [0, 0.05) is 43.7 Å². The summed E-state index contributed by atoms with van der Waals surface area (Å²) in [7, 11) is 2.16. The number of rotatable bonds is 4. The van der Waals surface area contributed by atoms with E-state index in [9.17, 15) is 9.90 Å². The Hall–Kier alpha value is -2.33. The van der Waals surface area contributed by atoms with Gasteiger partial charge in [0.1, 0.15) is 0 Å². The molecular formula is C22H26N2O2. The summed E-state index contributed by atoms with van der Waals surface area (Å²) in [5.41, 5.74) is 2.75. The van der Waals surface area contributed by atoms with Gasteiger partial charge in [0.2, 0.25) is 0 Å². The van der Waals surface area contributed by atoms with Gasteiger partial charge in [-0.3, -0.25) is 4.79 Å². The van der Waals surface area contributed by atoms with Gasteiger partial charge in [-0.2, -0.15) is 0 Å². The lowest BCUT2D eigenvalue weighted by molar-refractivity contribution is -0.143. The summed E-state index contributed by atoms with van der Waals surface area (Å²) in [4.78, 5) is 16.7. The number of carbonyl (C=O) groups is 1. The summed E-state index contributed by atoms with van der Waals surface area (Å²) in [5.74, 6) is -0.640. The summed E-state index contributed by atoms with van der Waals surface area (Å²) in [6.45, 7) is 6.12. The molecule has 0 bridgehead atoms. The lowest BCUT2D eigenvalue weighted by Crippen LogP contribution is -2.44. The Labute approximate surface area is 155 Å². The van der Waals surface area contributed by atoms with Crippen LogP contribution < -0.4 is 4.90 Å². The number of carboxylic acids is 1. The van der Waals surface area contributed by atoms with Crippen LogP contribution in [0, 0.1) is 5.41 Å². The van der Waals surface area contributed by atoms with Crippen molar-refractivity contribution in [2.45, 2.75) is 18.8 Å². The molecule has 0 aromatic heterocycles. The maximum absolute atomic E-state index is 12.0. The van der Waals surface area contributed by atoms with Crippen molar-refractivity contribution < 1.29 is 9.90 Å². The van der Waals surface area contributed by atoms with E-state index in [4.69, 9.17) is 0 Å². The van der Waals surface area contributed by atoms with Crippen LogP contribution in [0.5, 0.6) is 0 Å². The van der Waals surface area contributed by atoms with Crippen LogP contribution in [0.4, 0.5) is 5.69 Å². The van der Waals surface area contributed by atoms with E-state index in [1.54, 1.807) is 0 Å². The molecule has 3 atom stereocenters. The van der Waals surface area contributed by atoms with Gasteiger partial charge in [0.05, 0.1) is 5.41 Å². The van der Waals surface area contributed by atoms with E-state index in [-0.39, 0.29) is 11.8 Å². The van der Waals surface area contributed by atoms with Crippen molar-refractivity contribution in [3.05, 3.63) is 65.7 Å². The van der Waals surface area contributed by atoms with Gasteiger partial charge in [0.25, 0.3) is 0 Å². The molecule has 1 saturated heterocycles. The molecule has 1 saturated carbocycles. The second kappa shape index (κ2) is 6.44. The molecule has 1 aliphatic heterocycles. The predicted molar refractivity (Wildman–Crippen MR) is 104 cm³/mol. The van der Waals surface area contributed by atoms with Crippen molar-refractivity contribution in [1.82, 2.24) is 4.90 Å². The largest absolute Gasteiger partial charge is 0.481 e. The van der Waals surface area contributed by atoms with Crippen molar-refractivity contribution in [2.75, 3.05) is 38.1 Å². The zero-order valence-corrected chi connectivity index (χ0v) is 15.4. The maximum atomic E-state index is 12.0. The molecule has 4 heteroatoms. The van der Waals surface area contributed by atoms with Gasteiger partial charge in [0.15, 0.2) is 0 Å². The molecule has 4 nitrogen and oxygen atoms in total. The zero-order chi connectivity index (χ0) is 18.3. The van der Waals surface area contributed by atoms with Crippen molar-refractivity contribution >= 4 is 11.7 Å². The quantitative estimate of drug-likeness (QED) is 0.918. The first-order chi connectivity index (χ1) is 12.5. The molecule has 26 heavy (non-hydrogen) atoms. The molecule has 2 aliphatic rings.